The van der Waals surface area contributed by atoms with Crippen LogP contribution >= 0.6 is 0 Å². The highest BCUT2D eigenvalue weighted by Gasteiger charge is 2.43. The summed E-state index contributed by atoms with van der Waals surface area (Å²) >= 11 is 0. The summed E-state index contributed by atoms with van der Waals surface area (Å²) in [5.41, 5.74) is 4.05. The van der Waals surface area contributed by atoms with Crippen molar-refractivity contribution in [2.75, 3.05) is 31.6 Å². The molecule has 0 bridgehead atoms. The van der Waals surface area contributed by atoms with Crippen LogP contribution in [0.3, 0.4) is 0 Å². The van der Waals surface area contributed by atoms with Crippen molar-refractivity contribution in [3.63, 3.8) is 0 Å². The molecule has 2 aliphatic heterocycles. The van der Waals surface area contributed by atoms with Crippen LogP contribution in [0, 0.1) is 17.7 Å². The first kappa shape index (κ1) is 19.0. The summed E-state index contributed by atoms with van der Waals surface area (Å²) in [6.07, 6.45) is 5.82. The monoisotopic (exact) mass is 433 g/mol. The van der Waals surface area contributed by atoms with E-state index in [1.165, 1.54) is 18.5 Å². The second kappa shape index (κ2) is 7.25. The molecule has 4 aliphatic rings. The number of nitrogens with one attached hydrogen (secondary N) is 2. The first-order valence-corrected chi connectivity index (χ1v) is 11.9. The number of fused-ring (bicyclic) bond motifs is 3. The molecule has 2 aliphatic carbocycles. The Hall–Kier alpha value is -2.51. The van der Waals surface area contributed by atoms with Gasteiger partial charge in [0, 0.05) is 36.7 Å². The van der Waals surface area contributed by atoms with Crippen molar-refractivity contribution in [2.24, 2.45) is 11.8 Å². The van der Waals surface area contributed by atoms with Crippen LogP contribution in [0.1, 0.15) is 48.0 Å². The van der Waals surface area contributed by atoms with Gasteiger partial charge in [0.15, 0.2) is 0 Å². The summed E-state index contributed by atoms with van der Waals surface area (Å²) in [7, 11) is 0. The minimum Gasteiger partial charge on any atom is -0.381 e. The van der Waals surface area contributed by atoms with Crippen molar-refractivity contribution in [1.82, 2.24) is 19.9 Å². The molecule has 1 saturated carbocycles. The second-order valence-electron chi connectivity index (χ2n) is 10.0. The van der Waals surface area contributed by atoms with Crippen molar-refractivity contribution in [1.29, 1.82) is 0 Å². The number of rotatable bonds is 4. The van der Waals surface area contributed by atoms with Crippen LogP contribution in [0.2, 0.25) is 0 Å². The third-order valence-corrected chi connectivity index (χ3v) is 8.06. The van der Waals surface area contributed by atoms with E-state index in [-0.39, 0.29) is 11.9 Å². The highest BCUT2D eigenvalue weighted by atomic mass is 19.1. The van der Waals surface area contributed by atoms with Crippen LogP contribution in [0.4, 0.5) is 10.2 Å². The number of benzene rings is 1. The average molecular weight is 434 g/mol. The topological polar surface area (TPSA) is 66.1 Å². The highest BCUT2D eigenvalue weighted by molar-refractivity contribution is 5.88. The van der Waals surface area contributed by atoms with Crippen LogP contribution in [-0.4, -0.2) is 52.2 Å². The zero-order chi connectivity index (χ0) is 21.2. The van der Waals surface area contributed by atoms with Crippen LogP contribution < -0.4 is 5.32 Å². The summed E-state index contributed by atoms with van der Waals surface area (Å²) in [5, 5.41) is 4.79. The van der Waals surface area contributed by atoms with E-state index < -0.39 is 0 Å². The molecule has 3 aromatic rings. The quantitative estimate of drug-likeness (QED) is 0.651. The molecular formula is C25H28FN5O. The largest absolute Gasteiger partial charge is 0.381 e. The average Bonchev–Trinajstić information content (AvgIpc) is 3.21. The molecule has 0 unspecified atom stereocenters. The standard InChI is InChI=1S/C25H28FN5O/c26-20-3-1-2-18-17(20)6-7-22(31-9-15-11-32-12-16(15)10-31)23(18)30-25-19-8-21(14-4-5-14)29-24(19)27-13-28-25/h1-3,8,13-16,22-23H,4-7,9-12H2,(H2,27,28,29,30)/t15-,16+,22-,23-/m1/s1. The third-order valence-electron chi connectivity index (χ3n) is 8.06. The molecule has 0 amide bonds. The van der Waals surface area contributed by atoms with Crippen molar-refractivity contribution in [3.8, 4) is 0 Å². The first-order valence-electron chi connectivity index (χ1n) is 11.9. The molecule has 6 nitrogen and oxygen atoms in total. The van der Waals surface area contributed by atoms with E-state index in [4.69, 9.17) is 4.74 Å². The molecule has 4 atom stereocenters. The third kappa shape index (κ3) is 3.05. The lowest BCUT2D eigenvalue weighted by atomic mass is 9.82. The summed E-state index contributed by atoms with van der Waals surface area (Å²) in [4.78, 5) is 15.2. The fraction of sp³-hybridized carbons (Fsp3) is 0.520. The van der Waals surface area contributed by atoms with E-state index in [9.17, 15) is 4.39 Å². The van der Waals surface area contributed by atoms with Crippen LogP contribution in [0.5, 0.6) is 0 Å². The zero-order valence-electron chi connectivity index (χ0n) is 18.1. The number of likely N-dealkylation sites (tertiary alicyclic amines) is 1. The van der Waals surface area contributed by atoms with Crippen molar-refractivity contribution in [2.45, 2.75) is 43.7 Å². The number of aromatic nitrogens is 3. The van der Waals surface area contributed by atoms with Crippen LogP contribution in [0.25, 0.3) is 11.0 Å². The van der Waals surface area contributed by atoms with E-state index in [0.717, 1.165) is 67.1 Å². The van der Waals surface area contributed by atoms with E-state index in [0.29, 0.717) is 23.8 Å². The SMILES string of the molecule is Fc1cccc2c1CC[C@@H](N1C[C@H]3COC[C@H]3C1)[C@@H]2Nc1ncnc2[nH]c(C3CC3)cc12. The Morgan fingerprint density at radius 1 is 1.09 bits per heavy atom. The minimum atomic E-state index is -0.0926. The van der Waals surface area contributed by atoms with Gasteiger partial charge in [-0.2, -0.15) is 0 Å². The van der Waals surface area contributed by atoms with Crippen molar-refractivity contribution in [3.05, 3.63) is 53.2 Å². The van der Waals surface area contributed by atoms with E-state index in [1.807, 2.05) is 6.07 Å². The Kier molecular flexibility index (Phi) is 4.31. The lowest BCUT2D eigenvalue weighted by Crippen LogP contribution is -2.44. The van der Waals surface area contributed by atoms with Gasteiger partial charge in [0.05, 0.1) is 24.6 Å². The lowest BCUT2D eigenvalue weighted by Gasteiger charge is -2.40. The fourth-order valence-electron chi connectivity index (χ4n) is 6.19. The van der Waals surface area contributed by atoms with Gasteiger partial charge in [-0.3, -0.25) is 4.90 Å². The molecule has 32 heavy (non-hydrogen) atoms. The summed E-state index contributed by atoms with van der Waals surface area (Å²) in [5.74, 6) is 2.63. The predicted molar refractivity (Wildman–Crippen MR) is 120 cm³/mol. The highest BCUT2D eigenvalue weighted by Crippen LogP contribution is 2.43. The summed E-state index contributed by atoms with van der Waals surface area (Å²) in [6, 6.07) is 8.03. The number of anilines is 1. The fourth-order valence-corrected chi connectivity index (χ4v) is 6.19. The molecule has 3 fully saturated rings. The minimum absolute atomic E-state index is 0.00781. The Bertz CT molecular complexity index is 1160. The Labute approximate surface area is 186 Å². The van der Waals surface area contributed by atoms with Gasteiger partial charge in [-0.05, 0) is 54.9 Å². The number of H-pyrrole nitrogens is 1. The molecule has 2 N–H and O–H groups in total. The van der Waals surface area contributed by atoms with E-state index >= 15 is 0 Å². The van der Waals surface area contributed by atoms with Gasteiger partial charge < -0.3 is 15.0 Å². The summed E-state index contributed by atoms with van der Waals surface area (Å²) in [6.45, 7) is 3.87. The van der Waals surface area contributed by atoms with Gasteiger partial charge in [0.1, 0.15) is 23.6 Å². The molecule has 0 spiro atoms. The molecule has 2 aromatic heterocycles. The zero-order valence-corrected chi connectivity index (χ0v) is 18.1. The lowest BCUT2D eigenvalue weighted by molar-refractivity contribution is 0.127. The number of nitrogens with zero attached hydrogens (tertiary/aromatic N) is 3. The van der Waals surface area contributed by atoms with Crippen molar-refractivity contribution < 1.29 is 9.13 Å². The normalized spacial score (nSPS) is 29.9. The Morgan fingerprint density at radius 3 is 2.75 bits per heavy atom. The van der Waals surface area contributed by atoms with Gasteiger partial charge in [-0.1, -0.05) is 12.1 Å². The van der Waals surface area contributed by atoms with Crippen LogP contribution in [-0.2, 0) is 11.2 Å². The van der Waals surface area contributed by atoms with E-state index in [2.05, 4.69) is 37.3 Å². The smallest absolute Gasteiger partial charge is 0.143 e. The molecule has 166 valence electrons. The molecule has 7 heteroatoms. The van der Waals surface area contributed by atoms with Gasteiger partial charge in [-0.25, -0.2) is 14.4 Å². The maximum atomic E-state index is 14.7. The molecule has 1 aromatic carbocycles. The van der Waals surface area contributed by atoms with Crippen LogP contribution in [0.15, 0.2) is 30.6 Å². The molecule has 0 radical (unpaired) electrons. The number of ether oxygens (including phenoxy) is 1. The number of hydrogen-bond acceptors (Lipinski definition) is 5. The van der Waals surface area contributed by atoms with Crippen molar-refractivity contribution >= 4 is 16.9 Å². The maximum Gasteiger partial charge on any atom is 0.143 e. The number of hydrogen-bond donors (Lipinski definition) is 2. The number of aromatic amines is 1. The maximum absolute atomic E-state index is 14.7. The van der Waals surface area contributed by atoms with Gasteiger partial charge in [0.25, 0.3) is 0 Å². The molecule has 4 heterocycles. The summed E-state index contributed by atoms with van der Waals surface area (Å²) < 4.78 is 20.4. The molecule has 2 saturated heterocycles. The predicted octanol–water partition coefficient (Wildman–Crippen LogP) is 4.02. The second-order valence-corrected chi connectivity index (χ2v) is 10.0. The first-order chi connectivity index (χ1) is 15.7. The Morgan fingerprint density at radius 2 is 1.94 bits per heavy atom. The van der Waals surface area contributed by atoms with Gasteiger partial charge >= 0.3 is 0 Å². The molecule has 7 rings (SSSR count). The van der Waals surface area contributed by atoms with E-state index in [1.54, 1.807) is 12.4 Å². The molecular weight excluding hydrogens is 405 g/mol. The number of halogens is 1. The van der Waals surface area contributed by atoms with Gasteiger partial charge in [0.2, 0.25) is 0 Å². The Balaban J connectivity index is 1.27. The van der Waals surface area contributed by atoms with Gasteiger partial charge in [-0.15, -0.1) is 0 Å².